The molecular formula is C21H24N4O5S. The Labute approximate surface area is 180 Å². The summed E-state index contributed by atoms with van der Waals surface area (Å²) in [6.45, 7) is 1.02. The van der Waals surface area contributed by atoms with Crippen LogP contribution < -0.4 is 16.0 Å². The van der Waals surface area contributed by atoms with Gasteiger partial charge in [0.05, 0.1) is 11.4 Å². The molecule has 2 aromatic carbocycles. The summed E-state index contributed by atoms with van der Waals surface area (Å²) in [4.78, 5) is 35.1. The maximum absolute atomic E-state index is 12.9. The fraction of sp³-hybridized carbons (Fsp3) is 0.286. The molecule has 0 aliphatic carbocycles. The van der Waals surface area contributed by atoms with Gasteiger partial charge >= 0.3 is 0 Å². The summed E-state index contributed by atoms with van der Waals surface area (Å²) in [6, 6.07) is 11.0. The normalized spacial score (nSPS) is 13.7. The lowest BCUT2D eigenvalue weighted by Gasteiger charge is -2.18. The molecule has 0 atom stereocenters. The highest BCUT2D eigenvalue weighted by Crippen LogP contribution is 2.26. The number of rotatable bonds is 6. The zero-order valence-corrected chi connectivity index (χ0v) is 18.1. The number of likely N-dealkylation sites (N-methyl/N-ethyl adjacent to an activating group) is 1. The first-order chi connectivity index (χ1) is 14.6. The lowest BCUT2D eigenvalue weighted by Crippen LogP contribution is -2.35. The fourth-order valence-electron chi connectivity index (χ4n) is 3.22. The molecule has 3 N–H and O–H groups in total. The maximum atomic E-state index is 12.9. The molecular weight excluding hydrogens is 420 g/mol. The van der Waals surface area contributed by atoms with Gasteiger partial charge in [-0.1, -0.05) is 0 Å². The number of amides is 3. The highest BCUT2D eigenvalue weighted by Gasteiger charge is 2.25. The van der Waals surface area contributed by atoms with Crippen LogP contribution in [0.1, 0.15) is 25.3 Å². The van der Waals surface area contributed by atoms with Gasteiger partial charge in [0.1, 0.15) is 0 Å². The van der Waals surface area contributed by atoms with Gasteiger partial charge < -0.3 is 16.0 Å². The molecule has 1 aliphatic heterocycles. The van der Waals surface area contributed by atoms with Crippen molar-refractivity contribution in [3.63, 3.8) is 0 Å². The number of hydrogen-bond donors (Lipinski definition) is 3. The number of anilines is 3. The molecule has 3 rings (SSSR count). The number of carbonyl (C=O) groups is 3. The molecule has 164 valence electrons. The first-order valence-electron chi connectivity index (χ1n) is 9.72. The van der Waals surface area contributed by atoms with Crippen molar-refractivity contribution in [1.29, 1.82) is 0 Å². The molecule has 31 heavy (non-hydrogen) atoms. The van der Waals surface area contributed by atoms with E-state index in [2.05, 4.69) is 16.0 Å². The summed E-state index contributed by atoms with van der Waals surface area (Å²) in [7, 11) is -2.56. The van der Waals surface area contributed by atoms with Gasteiger partial charge in [-0.05, 0) is 60.9 Å². The summed E-state index contributed by atoms with van der Waals surface area (Å²) in [5, 5.41) is 8.03. The summed E-state index contributed by atoms with van der Waals surface area (Å²) in [6.07, 6.45) is 1.63. The molecule has 0 radical (unpaired) electrons. The first-order valence-corrected chi connectivity index (χ1v) is 11.2. The van der Waals surface area contributed by atoms with Gasteiger partial charge in [0, 0.05) is 37.5 Å². The van der Waals surface area contributed by atoms with Gasteiger partial charge in [0.2, 0.25) is 27.7 Å². The van der Waals surface area contributed by atoms with Crippen LogP contribution in [0.15, 0.2) is 47.4 Å². The van der Waals surface area contributed by atoms with Gasteiger partial charge in [-0.2, -0.15) is 4.31 Å². The summed E-state index contributed by atoms with van der Waals surface area (Å²) < 4.78 is 26.8. The minimum atomic E-state index is -3.89. The Morgan fingerprint density at radius 1 is 1.03 bits per heavy atom. The van der Waals surface area contributed by atoms with E-state index in [1.165, 1.54) is 20.0 Å². The zero-order chi connectivity index (χ0) is 22.6. The van der Waals surface area contributed by atoms with Crippen LogP contribution in [0, 0.1) is 0 Å². The third-order valence-corrected chi connectivity index (χ3v) is 6.56. The molecule has 0 spiro atoms. The first kappa shape index (κ1) is 22.4. The highest BCUT2D eigenvalue weighted by atomic mass is 32.2. The number of sulfonamides is 1. The van der Waals surface area contributed by atoms with E-state index in [1.54, 1.807) is 36.4 Å². The Bertz CT molecular complexity index is 1110. The van der Waals surface area contributed by atoms with Crippen molar-refractivity contribution in [2.45, 2.75) is 31.1 Å². The van der Waals surface area contributed by atoms with E-state index < -0.39 is 15.9 Å². The zero-order valence-electron chi connectivity index (χ0n) is 17.3. The second-order valence-corrected chi connectivity index (χ2v) is 9.33. The van der Waals surface area contributed by atoms with Gasteiger partial charge in [0.15, 0.2) is 0 Å². The van der Waals surface area contributed by atoms with Crippen LogP contribution in [0.3, 0.4) is 0 Å². The smallest absolute Gasteiger partial charge is 0.243 e. The van der Waals surface area contributed by atoms with E-state index in [1.807, 2.05) is 0 Å². The van der Waals surface area contributed by atoms with Crippen LogP contribution in [0.5, 0.6) is 0 Å². The number of carbonyl (C=O) groups excluding carboxylic acids is 3. The summed E-state index contributed by atoms with van der Waals surface area (Å²) in [5.74, 6) is -0.794. The van der Waals surface area contributed by atoms with E-state index in [0.29, 0.717) is 36.3 Å². The molecule has 0 saturated carbocycles. The molecule has 0 fully saturated rings. The molecule has 9 nitrogen and oxygen atoms in total. The predicted molar refractivity (Wildman–Crippen MR) is 117 cm³/mol. The summed E-state index contributed by atoms with van der Waals surface area (Å²) in [5.41, 5.74) is 2.43. The number of nitrogens with one attached hydrogen (secondary N) is 3. The molecule has 0 bridgehead atoms. The van der Waals surface area contributed by atoms with Crippen LogP contribution in [-0.4, -0.2) is 44.0 Å². The lowest BCUT2D eigenvalue weighted by molar-refractivity contribution is -0.117. The topological polar surface area (TPSA) is 125 Å². The Morgan fingerprint density at radius 2 is 1.68 bits per heavy atom. The molecule has 1 aliphatic rings. The molecule has 0 aromatic heterocycles. The van der Waals surface area contributed by atoms with Crippen LogP contribution >= 0.6 is 0 Å². The molecule has 1 heterocycles. The van der Waals surface area contributed by atoms with E-state index in [-0.39, 0.29) is 23.3 Å². The predicted octanol–water partition coefficient (Wildman–Crippen LogP) is 2.18. The van der Waals surface area contributed by atoms with Crippen molar-refractivity contribution in [2.24, 2.45) is 0 Å². The summed E-state index contributed by atoms with van der Waals surface area (Å²) >= 11 is 0. The third kappa shape index (κ3) is 5.68. The van der Waals surface area contributed by atoms with Crippen molar-refractivity contribution >= 4 is 44.8 Å². The minimum Gasteiger partial charge on any atom is -0.326 e. The second kappa shape index (κ2) is 9.27. The molecule has 0 saturated heterocycles. The molecule has 10 heteroatoms. The molecule has 0 unspecified atom stereocenters. The van der Waals surface area contributed by atoms with Crippen molar-refractivity contribution < 1.29 is 22.8 Å². The lowest BCUT2D eigenvalue weighted by atomic mass is 10.1. The van der Waals surface area contributed by atoms with E-state index in [9.17, 15) is 22.8 Å². The SMILES string of the molecule is CC(=O)Nc1ccc(NC(=O)CN(C)S(=O)(=O)c2ccc3c(c2)CCCC(=O)N3)cc1. The van der Waals surface area contributed by atoms with Crippen LogP contribution in [-0.2, 0) is 30.8 Å². The molecule has 3 amide bonds. The van der Waals surface area contributed by atoms with Gasteiger partial charge in [0.25, 0.3) is 0 Å². The van der Waals surface area contributed by atoms with Gasteiger partial charge in [-0.15, -0.1) is 0 Å². The van der Waals surface area contributed by atoms with Crippen molar-refractivity contribution in [3.8, 4) is 0 Å². The van der Waals surface area contributed by atoms with Crippen LogP contribution in [0.25, 0.3) is 0 Å². The number of benzene rings is 2. The van der Waals surface area contributed by atoms with E-state index >= 15 is 0 Å². The monoisotopic (exact) mass is 444 g/mol. The van der Waals surface area contributed by atoms with E-state index in [0.717, 1.165) is 9.87 Å². The standard InChI is InChI=1S/C21H24N4O5S/c1-14(26)22-16-6-8-17(9-7-16)23-21(28)13-25(2)31(29,30)18-10-11-19-15(12-18)4-3-5-20(27)24-19/h6-12H,3-5,13H2,1-2H3,(H,22,26)(H,23,28)(H,24,27). The maximum Gasteiger partial charge on any atom is 0.243 e. The van der Waals surface area contributed by atoms with Crippen LogP contribution in [0.2, 0.25) is 0 Å². The number of aryl methyl sites for hydroxylation is 1. The Balaban J connectivity index is 1.67. The third-order valence-electron chi connectivity index (χ3n) is 4.76. The average Bonchev–Trinajstić information content (AvgIpc) is 2.88. The highest BCUT2D eigenvalue weighted by molar-refractivity contribution is 7.89. The van der Waals surface area contributed by atoms with Crippen molar-refractivity contribution in [2.75, 3.05) is 29.5 Å². The van der Waals surface area contributed by atoms with Crippen LogP contribution in [0.4, 0.5) is 17.1 Å². The Kier molecular flexibility index (Phi) is 6.71. The Morgan fingerprint density at radius 3 is 2.32 bits per heavy atom. The number of fused-ring (bicyclic) bond motifs is 1. The molecule has 2 aromatic rings. The van der Waals surface area contributed by atoms with Crippen molar-refractivity contribution in [1.82, 2.24) is 4.31 Å². The quantitative estimate of drug-likeness (QED) is 0.630. The van der Waals surface area contributed by atoms with E-state index in [4.69, 9.17) is 0 Å². The van der Waals surface area contributed by atoms with Crippen molar-refractivity contribution in [3.05, 3.63) is 48.0 Å². The number of nitrogens with zero attached hydrogens (tertiary/aromatic N) is 1. The Hall–Kier alpha value is -3.24. The van der Waals surface area contributed by atoms with Gasteiger partial charge in [-0.25, -0.2) is 8.42 Å². The van der Waals surface area contributed by atoms with Gasteiger partial charge in [-0.3, -0.25) is 14.4 Å². The largest absolute Gasteiger partial charge is 0.326 e. The second-order valence-electron chi connectivity index (χ2n) is 7.29. The fourth-order valence-corrected chi connectivity index (χ4v) is 4.40. The minimum absolute atomic E-state index is 0.0670. The average molecular weight is 445 g/mol. The number of hydrogen-bond acceptors (Lipinski definition) is 5.